The summed E-state index contributed by atoms with van der Waals surface area (Å²) in [6.45, 7) is 0.166. The number of benzene rings is 2. The van der Waals surface area contributed by atoms with Crippen LogP contribution in [0.25, 0.3) is 0 Å². The molecule has 0 unspecified atom stereocenters. The highest BCUT2D eigenvalue weighted by molar-refractivity contribution is 8.15. The highest BCUT2D eigenvalue weighted by Gasteiger charge is 2.25. The molecule has 130 valence electrons. The molecule has 2 aromatic carbocycles. The van der Waals surface area contributed by atoms with Crippen LogP contribution in [0, 0.1) is 0 Å². The van der Waals surface area contributed by atoms with Crippen LogP contribution in [0.1, 0.15) is 5.56 Å². The average molecular weight is 397 g/mol. The van der Waals surface area contributed by atoms with E-state index >= 15 is 0 Å². The summed E-state index contributed by atoms with van der Waals surface area (Å²) in [6.07, 6.45) is 0. The van der Waals surface area contributed by atoms with Crippen LogP contribution in [-0.4, -0.2) is 25.3 Å². The van der Waals surface area contributed by atoms with Crippen molar-refractivity contribution in [1.82, 2.24) is 0 Å². The van der Waals surface area contributed by atoms with Crippen LogP contribution in [0.2, 0.25) is 5.02 Å². The number of carbonyl (C=O) groups excluding carboxylic acids is 1. The maximum absolute atomic E-state index is 12.2. The third-order valence-electron chi connectivity index (χ3n) is 3.24. The lowest BCUT2D eigenvalue weighted by Gasteiger charge is -2.17. The zero-order chi connectivity index (χ0) is 17.9. The number of ether oxygens (including phenoxy) is 1. The van der Waals surface area contributed by atoms with E-state index < -0.39 is 16.0 Å². The van der Waals surface area contributed by atoms with Gasteiger partial charge in [-0.2, -0.15) is 8.42 Å². The molecule has 9 heteroatoms. The first-order valence-electron chi connectivity index (χ1n) is 7.18. The highest BCUT2D eigenvalue weighted by atomic mass is 35.5. The standard InChI is InChI=1S/C16H13ClN2O4S2/c17-12-6-7-13-14(8-12)25(21,22)19-16(18-13)24-10-15(20)23-9-11-4-2-1-3-5-11/h1-8H,9-10H2,(H,18,19). The van der Waals surface area contributed by atoms with Crippen molar-refractivity contribution in [2.45, 2.75) is 11.5 Å². The highest BCUT2D eigenvalue weighted by Crippen LogP contribution is 2.31. The van der Waals surface area contributed by atoms with Gasteiger partial charge < -0.3 is 10.1 Å². The lowest BCUT2D eigenvalue weighted by atomic mass is 10.2. The Bertz CT molecular complexity index is 930. The summed E-state index contributed by atoms with van der Waals surface area (Å²) in [6, 6.07) is 13.7. The first kappa shape index (κ1) is 17.8. The molecule has 0 aliphatic carbocycles. The van der Waals surface area contributed by atoms with Crippen LogP contribution in [-0.2, 0) is 26.2 Å². The van der Waals surface area contributed by atoms with Gasteiger partial charge in [0.2, 0.25) is 0 Å². The van der Waals surface area contributed by atoms with Gasteiger partial charge in [-0.3, -0.25) is 4.79 Å². The lowest BCUT2D eigenvalue weighted by molar-refractivity contribution is -0.141. The summed E-state index contributed by atoms with van der Waals surface area (Å²) in [5.41, 5.74) is 1.25. The second-order valence-electron chi connectivity index (χ2n) is 5.07. The van der Waals surface area contributed by atoms with Gasteiger partial charge in [0.25, 0.3) is 10.0 Å². The van der Waals surface area contributed by atoms with Crippen LogP contribution >= 0.6 is 23.4 Å². The summed E-state index contributed by atoms with van der Waals surface area (Å²) in [5, 5.41) is 3.30. The monoisotopic (exact) mass is 396 g/mol. The fraction of sp³-hybridized carbons (Fsp3) is 0.125. The smallest absolute Gasteiger partial charge is 0.316 e. The first-order valence-corrected chi connectivity index (χ1v) is 9.98. The third kappa shape index (κ3) is 4.53. The van der Waals surface area contributed by atoms with Gasteiger partial charge in [0.1, 0.15) is 11.5 Å². The van der Waals surface area contributed by atoms with Crippen LogP contribution in [0.5, 0.6) is 0 Å². The van der Waals surface area contributed by atoms with Gasteiger partial charge in [-0.25, -0.2) is 0 Å². The molecule has 1 aliphatic rings. The number of amidine groups is 1. The van der Waals surface area contributed by atoms with Crippen LogP contribution in [0.3, 0.4) is 0 Å². The Balaban J connectivity index is 1.60. The molecule has 3 rings (SSSR count). The summed E-state index contributed by atoms with van der Waals surface area (Å²) in [4.78, 5) is 11.8. The molecule has 2 aromatic rings. The Hall–Kier alpha value is -2.03. The van der Waals surface area contributed by atoms with Crippen molar-refractivity contribution < 1.29 is 17.9 Å². The average Bonchev–Trinajstić information content (AvgIpc) is 2.59. The number of hydrogen-bond donors (Lipinski definition) is 1. The first-order chi connectivity index (χ1) is 11.9. The number of rotatable bonds is 4. The van der Waals surface area contributed by atoms with Gasteiger partial charge in [-0.15, -0.1) is 4.40 Å². The predicted molar refractivity (Wildman–Crippen MR) is 98.4 cm³/mol. The molecule has 0 spiro atoms. The number of fused-ring (bicyclic) bond motifs is 1. The Morgan fingerprint density at radius 3 is 2.72 bits per heavy atom. The van der Waals surface area contributed by atoms with Crippen molar-refractivity contribution in [2.75, 3.05) is 11.1 Å². The fourth-order valence-corrected chi connectivity index (χ4v) is 4.38. The zero-order valence-corrected chi connectivity index (χ0v) is 15.2. The van der Waals surface area contributed by atoms with Gasteiger partial charge in [0.15, 0.2) is 5.17 Å². The SMILES string of the molecule is O=C(CSC1=NS(=O)(=O)c2cc(Cl)ccc2N1)OCc1ccccc1. The minimum atomic E-state index is -3.85. The van der Waals surface area contributed by atoms with Gasteiger partial charge in [0, 0.05) is 5.02 Å². The number of halogens is 1. The number of anilines is 1. The number of esters is 1. The molecule has 1 N–H and O–H groups in total. The minimum absolute atomic E-state index is 0.0102. The summed E-state index contributed by atoms with van der Waals surface area (Å²) in [7, 11) is -3.85. The van der Waals surface area contributed by atoms with Crippen molar-refractivity contribution in [3.8, 4) is 0 Å². The topological polar surface area (TPSA) is 84.8 Å². The quantitative estimate of drug-likeness (QED) is 0.798. The molecule has 25 heavy (non-hydrogen) atoms. The molecule has 0 bridgehead atoms. The van der Waals surface area contributed by atoms with Gasteiger partial charge in [-0.05, 0) is 23.8 Å². The van der Waals surface area contributed by atoms with E-state index in [1.807, 2.05) is 30.3 Å². The van der Waals surface area contributed by atoms with Gasteiger partial charge >= 0.3 is 5.97 Å². The number of nitrogens with zero attached hydrogens (tertiary/aromatic N) is 1. The molecule has 0 aromatic heterocycles. The van der Waals surface area contributed by atoms with Gasteiger partial charge in [-0.1, -0.05) is 53.7 Å². The van der Waals surface area contributed by atoms with Crippen molar-refractivity contribution in [1.29, 1.82) is 0 Å². The van der Waals surface area contributed by atoms with E-state index in [0.717, 1.165) is 17.3 Å². The van der Waals surface area contributed by atoms with Crippen molar-refractivity contribution in [3.63, 3.8) is 0 Å². The van der Waals surface area contributed by atoms with E-state index in [2.05, 4.69) is 9.71 Å². The third-order valence-corrected chi connectivity index (χ3v) is 5.75. The predicted octanol–water partition coefficient (Wildman–Crippen LogP) is 3.29. The maximum atomic E-state index is 12.2. The summed E-state index contributed by atoms with van der Waals surface area (Å²) < 4.78 is 33.2. The normalized spacial score (nSPS) is 14.8. The van der Waals surface area contributed by atoms with Crippen LogP contribution < -0.4 is 5.32 Å². The molecule has 0 atom stereocenters. The maximum Gasteiger partial charge on any atom is 0.316 e. The van der Waals surface area contributed by atoms with Gasteiger partial charge in [0.05, 0.1) is 11.4 Å². The molecule has 0 saturated carbocycles. The Morgan fingerprint density at radius 2 is 1.96 bits per heavy atom. The van der Waals surface area contributed by atoms with E-state index in [-0.39, 0.29) is 22.4 Å². The Morgan fingerprint density at radius 1 is 1.20 bits per heavy atom. The number of sulfonamides is 1. The molecule has 0 amide bonds. The molecule has 0 fully saturated rings. The van der Waals surface area contributed by atoms with Crippen molar-refractivity contribution >= 4 is 50.2 Å². The summed E-state index contributed by atoms with van der Waals surface area (Å²) >= 11 is 6.78. The van der Waals surface area contributed by atoms with E-state index in [0.29, 0.717) is 10.7 Å². The van der Waals surface area contributed by atoms with E-state index in [4.69, 9.17) is 16.3 Å². The number of nitrogens with one attached hydrogen (secondary N) is 1. The molecule has 6 nitrogen and oxygen atoms in total. The van der Waals surface area contributed by atoms with Crippen molar-refractivity contribution in [2.24, 2.45) is 4.40 Å². The van der Waals surface area contributed by atoms with Crippen molar-refractivity contribution in [3.05, 3.63) is 59.1 Å². The lowest BCUT2D eigenvalue weighted by Crippen LogP contribution is -2.20. The Labute approximate surface area is 154 Å². The number of thioether (sulfide) groups is 1. The molecular formula is C16H13ClN2O4S2. The van der Waals surface area contributed by atoms with E-state index in [1.54, 1.807) is 12.1 Å². The van der Waals surface area contributed by atoms with Crippen LogP contribution in [0.15, 0.2) is 57.8 Å². The fourth-order valence-electron chi connectivity index (χ4n) is 2.08. The summed E-state index contributed by atoms with van der Waals surface area (Å²) in [5.74, 6) is -0.519. The van der Waals surface area contributed by atoms with Crippen LogP contribution in [0.4, 0.5) is 5.69 Å². The Kier molecular flexibility index (Phi) is 5.31. The second kappa shape index (κ2) is 7.47. The second-order valence-corrected chi connectivity index (χ2v) is 8.04. The zero-order valence-electron chi connectivity index (χ0n) is 12.8. The molecular weight excluding hydrogens is 384 g/mol. The largest absolute Gasteiger partial charge is 0.460 e. The molecule has 1 heterocycles. The molecule has 0 radical (unpaired) electrons. The van der Waals surface area contributed by atoms with E-state index in [9.17, 15) is 13.2 Å². The number of hydrogen-bond acceptors (Lipinski definition) is 6. The molecule has 1 aliphatic heterocycles. The van der Waals surface area contributed by atoms with E-state index in [1.165, 1.54) is 6.07 Å². The number of carbonyl (C=O) groups is 1. The molecule has 0 saturated heterocycles. The minimum Gasteiger partial charge on any atom is -0.460 e.